The number of halogens is 3. The predicted octanol–water partition coefficient (Wildman–Crippen LogP) is 7.45. The van der Waals surface area contributed by atoms with Gasteiger partial charge in [0.2, 0.25) is 0 Å². The first-order chi connectivity index (χ1) is 13.1. The Hall–Kier alpha value is -1.87. The zero-order valence-corrected chi connectivity index (χ0v) is 16.0. The van der Waals surface area contributed by atoms with Gasteiger partial charge in [-0.1, -0.05) is 54.1 Å². The lowest BCUT2D eigenvalue weighted by Gasteiger charge is -2.26. The average Bonchev–Trinajstić information content (AvgIpc) is 2.68. The van der Waals surface area contributed by atoms with Crippen LogP contribution in [0.15, 0.2) is 60.1 Å². The van der Waals surface area contributed by atoms with Gasteiger partial charge in [0.1, 0.15) is 5.75 Å². The quantitative estimate of drug-likeness (QED) is 0.477. The van der Waals surface area contributed by atoms with Crippen LogP contribution in [-0.2, 0) is 6.42 Å². The van der Waals surface area contributed by atoms with Crippen LogP contribution in [0.4, 0.5) is 8.78 Å². The first-order valence-electron chi connectivity index (χ1n) is 9.55. The number of alkyl halides is 2. The fourth-order valence-electron chi connectivity index (χ4n) is 3.84. The molecule has 0 saturated heterocycles. The molecule has 144 valence electrons. The van der Waals surface area contributed by atoms with Crippen molar-refractivity contribution in [2.45, 2.75) is 45.1 Å². The minimum atomic E-state index is -2.79. The summed E-state index contributed by atoms with van der Waals surface area (Å²) in [6, 6.07) is 15.3. The molecule has 4 heteroatoms. The van der Waals surface area contributed by atoms with Crippen LogP contribution in [0.3, 0.4) is 0 Å². The van der Waals surface area contributed by atoms with Crippen LogP contribution in [0.2, 0.25) is 0 Å². The van der Waals surface area contributed by atoms with Crippen molar-refractivity contribution in [3.8, 4) is 16.9 Å². The molecule has 1 nitrogen and oxygen atoms in total. The van der Waals surface area contributed by atoms with Gasteiger partial charge in [0, 0.05) is 5.54 Å². The third-order valence-corrected chi connectivity index (χ3v) is 5.59. The third kappa shape index (κ3) is 6.07. The first-order valence-corrected chi connectivity index (χ1v) is 9.99. The first kappa shape index (κ1) is 19.9. The molecule has 0 amide bonds. The minimum Gasteiger partial charge on any atom is -0.435 e. The van der Waals surface area contributed by atoms with Crippen LogP contribution in [0.1, 0.15) is 37.7 Å². The smallest absolute Gasteiger partial charge is 0.387 e. The minimum absolute atomic E-state index is 0.182. The number of ether oxygens (including phenoxy) is 1. The lowest BCUT2D eigenvalue weighted by molar-refractivity contribution is -0.0498. The van der Waals surface area contributed by atoms with E-state index in [1.807, 2.05) is 0 Å². The second kappa shape index (κ2) is 9.89. The van der Waals surface area contributed by atoms with Gasteiger partial charge >= 0.3 is 6.61 Å². The zero-order valence-electron chi connectivity index (χ0n) is 15.3. The van der Waals surface area contributed by atoms with E-state index in [-0.39, 0.29) is 5.75 Å². The van der Waals surface area contributed by atoms with E-state index in [1.54, 1.807) is 29.8 Å². The van der Waals surface area contributed by atoms with Crippen molar-refractivity contribution in [3.63, 3.8) is 0 Å². The Balaban J connectivity index is 1.50. The van der Waals surface area contributed by atoms with Gasteiger partial charge in [0.15, 0.2) is 0 Å². The largest absolute Gasteiger partial charge is 0.435 e. The summed E-state index contributed by atoms with van der Waals surface area (Å²) >= 11 is 5.68. The molecule has 0 radical (unpaired) electrons. The van der Waals surface area contributed by atoms with Gasteiger partial charge in [-0.3, -0.25) is 0 Å². The number of rotatable bonds is 7. The summed E-state index contributed by atoms with van der Waals surface area (Å²) < 4.78 is 28.8. The lowest BCUT2D eigenvalue weighted by atomic mass is 9.79. The molecule has 0 aromatic heterocycles. The van der Waals surface area contributed by atoms with Gasteiger partial charge in [-0.25, -0.2) is 0 Å². The van der Waals surface area contributed by atoms with E-state index in [4.69, 9.17) is 11.6 Å². The molecule has 1 saturated carbocycles. The molecule has 27 heavy (non-hydrogen) atoms. The highest BCUT2D eigenvalue weighted by Gasteiger charge is 2.19. The number of benzene rings is 2. The normalized spacial score (nSPS) is 20.3. The highest BCUT2D eigenvalue weighted by Crippen LogP contribution is 2.32. The Morgan fingerprint density at radius 3 is 2.07 bits per heavy atom. The van der Waals surface area contributed by atoms with Gasteiger partial charge in [-0.2, -0.15) is 8.78 Å². The summed E-state index contributed by atoms with van der Waals surface area (Å²) in [5, 5.41) is 0. The second-order valence-corrected chi connectivity index (χ2v) is 7.49. The molecular weight excluding hydrogens is 366 g/mol. The van der Waals surface area contributed by atoms with Gasteiger partial charge in [-0.15, -0.1) is 0 Å². The molecular formula is C23H25ClF2O. The molecule has 0 heterocycles. The van der Waals surface area contributed by atoms with Crippen LogP contribution < -0.4 is 4.74 Å². The highest BCUT2D eigenvalue weighted by molar-refractivity contribution is 6.25. The van der Waals surface area contributed by atoms with E-state index < -0.39 is 6.61 Å². The molecule has 0 atom stereocenters. The van der Waals surface area contributed by atoms with E-state index in [0.29, 0.717) is 5.92 Å². The standard InChI is InChI=1S/C23H25ClF2O/c24-16-15-19-5-3-17(4-6-19)1-2-18-7-9-20(10-8-18)21-11-13-22(14-12-21)27-23(25)26/h7-17,19,23H,1-6H2. The summed E-state index contributed by atoms with van der Waals surface area (Å²) in [4.78, 5) is 0. The molecule has 3 rings (SSSR count). The van der Waals surface area contributed by atoms with Gasteiger partial charge < -0.3 is 4.74 Å². The fourth-order valence-corrected chi connectivity index (χ4v) is 4.04. The van der Waals surface area contributed by atoms with Crippen molar-refractivity contribution in [1.82, 2.24) is 0 Å². The highest BCUT2D eigenvalue weighted by atomic mass is 35.5. The van der Waals surface area contributed by atoms with Crippen LogP contribution in [0.25, 0.3) is 11.1 Å². The van der Waals surface area contributed by atoms with Crippen molar-refractivity contribution < 1.29 is 13.5 Å². The zero-order chi connectivity index (χ0) is 19.1. The summed E-state index contributed by atoms with van der Waals surface area (Å²) in [6.45, 7) is -2.79. The molecule has 0 spiro atoms. The Morgan fingerprint density at radius 2 is 1.52 bits per heavy atom. The predicted molar refractivity (Wildman–Crippen MR) is 107 cm³/mol. The molecule has 0 N–H and O–H groups in total. The molecule has 2 aromatic rings. The van der Waals surface area contributed by atoms with Crippen molar-refractivity contribution in [2.75, 3.05) is 0 Å². The Morgan fingerprint density at radius 1 is 0.926 bits per heavy atom. The van der Waals surface area contributed by atoms with Gasteiger partial charge in [0.25, 0.3) is 0 Å². The fraction of sp³-hybridized carbons (Fsp3) is 0.391. The van der Waals surface area contributed by atoms with E-state index in [0.717, 1.165) is 23.5 Å². The van der Waals surface area contributed by atoms with Crippen LogP contribution in [-0.4, -0.2) is 6.61 Å². The maximum absolute atomic E-state index is 12.2. The molecule has 2 aromatic carbocycles. The van der Waals surface area contributed by atoms with E-state index in [9.17, 15) is 8.78 Å². The molecule has 1 fully saturated rings. The Labute approximate surface area is 165 Å². The van der Waals surface area contributed by atoms with E-state index in [1.165, 1.54) is 37.7 Å². The molecule has 1 aliphatic rings. The van der Waals surface area contributed by atoms with Gasteiger partial charge in [0.05, 0.1) is 0 Å². The van der Waals surface area contributed by atoms with Crippen molar-refractivity contribution in [2.24, 2.45) is 11.8 Å². The third-order valence-electron chi connectivity index (χ3n) is 5.44. The molecule has 0 bridgehead atoms. The van der Waals surface area contributed by atoms with E-state index >= 15 is 0 Å². The summed E-state index contributed by atoms with van der Waals surface area (Å²) in [5.74, 6) is 1.66. The molecule has 1 aliphatic carbocycles. The SMILES string of the molecule is FC(F)Oc1ccc(-c2ccc(CCC3CCC(C=CCl)CC3)cc2)cc1. The number of aryl methyl sites for hydroxylation is 1. The monoisotopic (exact) mass is 390 g/mol. The van der Waals surface area contributed by atoms with Crippen molar-refractivity contribution in [3.05, 3.63) is 65.7 Å². The lowest BCUT2D eigenvalue weighted by Crippen LogP contribution is -2.13. The van der Waals surface area contributed by atoms with Crippen LogP contribution >= 0.6 is 11.6 Å². The van der Waals surface area contributed by atoms with Crippen LogP contribution in [0, 0.1) is 11.8 Å². The summed E-state index contributed by atoms with van der Waals surface area (Å²) in [6.07, 6.45) is 9.53. The van der Waals surface area contributed by atoms with Gasteiger partial charge in [-0.05, 0) is 79.2 Å². The maximum atomic E-state index is 12.2. The molecule has 0 unspecified atom stereocenters. The summed E-state index contributed by atoms with van der Waals surface area (Å²) in [7, 11) is 0. The van der Waals surface area contributed by atoms with E-state index in [2.05, 4.69) is 35.1 Å². The summed E-state index contributed by atoms with van der Waals surface area (Å²) in [5.41, 5.74) is 5.08. The second-order valence-electron chi connectivity index (χ2n) is 7.24. The van der Waals surface area contributed by atoms with Crippen LogP contribution in [0.5, 0.6) is 5.75 Å². The van der Waals surface area contributed by atoms with Crippen molar-refractivity contribution >= 4 is 11.6 Å². The number of hydrogen-bond acceptors (Lipinski definition) is 1. The van der Waals surface area contributed by atoms with Crippen molar-refractivity contribution in [1.29, 1.82) is 0 Å². The Kier molecular flexibility index (Phi) is 7.28. The number of hydrogen-bond donors (Lipinski definition) is 0. The Bertz CT molecular complexity index is 717. The topological polar surface area (TPSA) is 9.23 Å². The molecule has 0 aliphatic heterocycles. The number of allylic oxidation sites excluding steroid dienone is 1. The average molecular weight is 391 g/mol. The maximum Gasteiger partial charge on any atom is 0.387 e.